The maximum atomic E-state index is 11.4. The molecule has 0 rings (SSSR count). The lowest BCUT2D eigenvalue weighted by atomic mass is 10.3. The van der Waals surface area contributed by atoms with Crippen molar-refractivity contribution in [3.63, 3.8) is 0 Å². The van der Waals surface area contributed by atoms with Crippen molar-refractivity contribution < 1.29 is 14.3 Å². The maximum absolute atomic E-state index is 11.4. The summed E-state index contributed by atoms with van der Waals surface area (Å²) in [6.07, 6.45) is 1.09. The van der Waals surface area contributed by atoms with Gasteiger partial charge in [0.05, 0.1) is 7.11 Å². The topological polar surface area (TPSA) is 72.6 Å². The highest BCUT2D eigenvalue weighted by Gasteiger charge is 2.15. The largest absolute Gasteiger partial charge is 0.468 e. The number of hydrogen-bond acceptors (Lipinski definition) is 4. The molecule has 0 saturated carbocycles. The average Bonchev–Trinajstić information content (AvgIpc) is 2.17. The van der Waals surface area contributed by atoms with Gasteiger partial charge in [0.15, 0.2) is 0 Å². The van der Waals surface area contributed by atoms with Gasteiger partial charge in [-0.1, -0.05) is 6.92 Å². The standard InChI is InChI=1S/C9H18N2O3/c1-3-6-11(7-9(13)14-2)8(12)4-5-10/h3-7,10H2,1-2H3. The van der Waals surface area contributed by atoms with E-state index in [2.05, 4.69) is 4.74 Å². The summed E-state index contributed by atoms with van der Waals surface area (Å²) in [7, 11) is 1.31. The maximum Gasteiger partial charge on any atom is 0.325 e. The smallest absolute Gasteiger partial charge is 0.325 e. The van der Waals surface area contributed by atoms with Crippen LogP contribution in [0.5, 0.6) is 0 Å². The lowest BCUT2D eigenvalue weighted by molar-refractivity contribution is -0.147. The number of hydrogen-bond donors (Lipinski definition) is 1. The van der Waals surface area contributed by atoms with Crippen LogP contribution in [0.4, 0.5) is 0 Å². The van der Waals surface area contributed by atoms with Gasteiger partial charge in [0, 0.05) is 19.5 Å². The molecular formula is C9H18N2O3. The highest BCUT2D eigenvalue weighted by atomic mass is 16.5. The van der Waals surface area contributed by atoms with E-state index >= 15 is 0 Å². The first-order chi connectivity index (χ1) is 6.65. The number of amides is 1. The number of methoxy groups -OCH3 is 1. The number of nitrogens with zero attached hydrogens (tertiary/aromatic N) is 1. The highest BCUT2D eigenvalue weighted by Crippen LogP contribution is 1.96. The Morgan fingerprint density at radius 3 is 2.50 bits per heavy atom. The predicted octanol–water partition coefficient (Wildman–Crippen LogP) is -0.253. The van der Waals surface area contributed by atoms with Gasteiger partial charge in [-0.3, -0.25) is 9.59 Å². The van der Waals surface area contributed by atoms with Crippen molar-refractivity contribution >= 4 is 11.9 Å². The zero-order chi connectivity index (χ0) is 11.0. The molecule has 5 nitrogen and oxygen atoms in total. The Morgan fingerprint density at radius 2 is 2.07 bits per heavy atom. The fourth-order valence-corrected chi connectivity index (χ4v) is 1.06. The van der Waals surface area contributed by atoms with Crippen molar-refractivity contribution in [1.29, 1.82) is 0 Å². The third-order valence-electron chi connectivity index (χ3n) is 1.75. The van der Waals surface area contributed by atoms with E-state index in [1.54, 1.807) is 0 Å². The molecular weight excluding hydrogens is 184 g/mol. The summed E-state index contributed by atoms with van der Waals surface area (Å²) in [5, 5.41) is 0. The van der Waals surface area contributed by atoms with E-state index in [1.807, 2.05) is 6.92 Å². The van der Waals surface area contributed by atoms with E-state index < -0.39 is 5.97 Å². The molecule has 0 radical (unpaired) electrons. The molecule has 0 fully saturated rings. The molecule has 0 spiro atoms. The second-order valence-electron chi connectivity index (χ2n) is 2.93. The Morgan fingerprint density at radius 1 is 1.43 bits per heavy atom. The minimum absolute atomic E-state index is 0.0170. The molecule has 0 aliphatic heterocycles. The SMILES string of the molecule is CCCN(CC(=O)OC)C(=O)CCN. The average molecular weight is 202 g/mol. The van der Waals surface area contributed by atoms with Gasteiger partial charge < -0.3 is 15.4 Å². The van der Waals surface area contributed by atoms with Crippen molar-refractivity contribution in [1.82, 2.24) is 4.90 Å². The summed E-state index contributed by atoms with van der Waals surface area (Å²) in [5.41, 5.74) is 5.26. The molecule has 1 amide bonds. The van der Waals surface area contributed by atoms with Crippen LogP contribution >= 0.6 is 0 Å². The first kappa shape index (κ1) is 12.9. The van der Waals surface area contributed by atoms with Gasteiger partial charge in [0.2, 0.25) is 5.91 Å². The van der Waals surface area contributed by atoms with Crippen LogP contribution in [-0.2, 0) is 14.3 Å². The number of ether oxygens (including phenoxy) is 1. The molecule has 0 aromatic rings. The van der Waals surface area contributed by atoms with Gasteiger partial charge in [0.1, 0.15) is 6.54 Å². The first-order valence-electron chi connectivity index (χ1n) is 4.70. The molecule has 0 aliphatic carbocycles. The number of esters is 1. The van der Waals surface area contributed by atoms with E-state index in [0.29, 0.717) is 13.1 Å². The second kappa shape index (κ2) is 7.32. The van der Waals surface area contributed by atoms with Crippen LogP contribution in [0.3, 0.4) is 0 Å². The molecule has 2 N–H and O–H groups in total. The zero-order valence-corrected chi connectivity index (χ0v) is 8.78. The minimum atomic E-state index is -0.399. The van der Waals surface area contributed by atoms with E-state index in [1.165, 1.54) is 12.0 Å². The summed E-state index contributed by atoms with van der Waals surface area (Å²) < 4.78 is 4.49. The van der Waals surface area contributed by atoms with E-state index in [9.17, 15) is 9.59 Å². The van der Waals surface area contributed by atoms with Crippen LogP contribution < -0.4 is 5.73 Å². The quantitative estimate of drug-likeness (QED) is 0.603. The second-order valence-corrected chi connectivity index (χ2v) is 2.93. The third kappa shape index (κ3) is 4.81. The Kier molecular flexibility index (Phi) is 6.74. The lowest BCUT2D eigenvalue weighted by Crippen LogP contribution is -2.37. The van der Waals surface area contributed by atoms with Crippen LogP contribution in [0.15, 0.2) is 0 Å². The van der Waals surface area contributed by atoms with Gasteiger partial charge >= 0.3 is 5.97 Å². The number of rotatable bonds is 6. The highest BCUT2D eigenvalue weighted by molar-refractivity contribution is 5.82. The molecule has 0 bridgehead atoms. The van der Waals surface area contributed by atoms with Crippen molar-refractivity contribution in [2.75, 3.05) is 26.7 Å². The summed E-state index contributed by atoms with van der Waals surface area (Å²) >= 11 is 0. The number of carbonyl (C=O) groups is 2. The normalized spacial score (nSPS) is 9.64. The van der Waals surface area contributed by atoms with Crippen molar-refractivity contribution in [3.8, 4) is 0 Å². The van der Waals surface area contributed by atoms with Crippen molar-refractivity contribution in [2.24, 2.45) is 5.73 Å². The van der Waals surface area contributed by atoms with Crippen LogP contribution in [-0.4, -0.2) is 43.5 Å². The Labute approximate surface area is 84.2 Å². The molecule has 5 heteroatoms. The Bertz CT molecular complexity index is 194. The first-order valence-corrected chi connectivity index (χ1v) is 4.70. The van der Waals surface area contributed by atoms with Crippen LogP contribution in [0, 0.1) is 0 Å². The molecule has 0 unspecified atom stereocenters. The molecule has 0 atom stereocenters. The minimum Gasteiger partial charge on any atom is -0.468 e. The Balaban J connectivity index is 4.13. The molecule has 0 aromatic heterocycles. The fourth-order valence-electron chi connectivity index (χ4n) is 1.06. The molecule has 0 aliphatic rings. The summed E-state index contributed by atoms with van der Waals surface area (Å²) in [5.74, 6) is -0.497. The number of carbonyl (C=O) groups excluding carboxylic acids is 2. The Hall–Kier alpha value is -1.10. The summed E-state index contributed by atoms with van der Waals surface area (Å²) in [6.45, 7) is 2.83. The van der Waals surface area contributed by atoms with Crippen molar-refractivity contribution in [2.45, 2.75) is 19.8 Å². The van der Waals surface area contributed by atoms with E-state index in [0.717, 1.165) is 6.42 Å². The fraction of sp³-hybridized carbons (Fsp3) is 0.778. The van der Waals surface area contributed by atoms with Gasteiger partial charge in [-0.2, -0.15) is 0 Å². The molecule has 0 aromatic carbocycles. The zero-order valence-electron chi connectivity index (χ0n) is 8.78. The van der Waals surface area contributed by atoms with Gasteiger partial charge in [-0.15, -0.1) is 0 Å². The summed E-state index contributed by atoms with van der Waals surface area (Å²) in [6, 6.07) is 0. The monoisotopic (exact) mass is 202 g/mol. The lowest BCUT2D eigenvalue weighted by Gasteiger charge is -2.20. The van der Waals surface area contributed by atoms with Gasteiger partial charge in [-0.05, 0) is 6.42 Å². The van der Waals surface area contributed by atoms with E-state index in [-0.39, 0.29) is 18.9 Å². The number of nitrogens with two attached hydrogens (primary N) is 1. The van der Waals surface area contributed by atoms with Gasteiger partial charge in [-0.25, -0.2) is 0 Å². The molecule has 0 saturated heterocycles. The van der Waals surface area contributed by atoms with E-state index in [4.69, 9.17) is 5.73 Å². The predicted molar refractivity (Wildman–Crippen MR) is 52.6 cm³/mol. The third-order valence-corrected chi connectivity index (χ3v) is 1.75. The molecule has 0 heterocycles. The van der Waals surface area contributed by atoms with Crippen LogP contribution in [0.25, 0.3) is 0 Å². The van der Waals surface area contributed by atoms with Gasteiger partial charge in [0.25, 0.3) is 0 Å². The molecule has 14 heavy (non-hydrogen) atoms. The van der Waals surface area contributed by atoms with Crippen LogP contribution in [0.2, 0.25) is 0 Å². The summed E-state index contributed by atoms with van der Waals surface area (Å²) in [4.78, 5) is 23.9. The van der Waals surface area contributed by atoms with Crippen LogP contribution in [0.1, 0.15) is 19.8 Å². The molecule has 82 valence electrons. The van der Waals surface area contributed by atoms with Crippen molar-refractivity contribution in [3.05, 3.63) is 0 Å².